The number of rotatable bonds is 9. The van der Waals surface area contributed by atoms with Crippen LogP contribution in [0.2, 0.25) is 0 Å². The van der Waals surface area contributed by atoms with Crippen LogP contribution in [-0.4, -0.2) is 61.0 Å². The third kappa shape index (κ3) is 6.22. The monoisotopic (exact) mass is 487 g/mol. The van der Waals surface area contributed by atoms with Gasteiger partial charge in [-0.2, -0.15) is 20.3 Å². The molecule has 4 unspecified atom stereocenters. The van der Waals surface area contributed by atoms with Gasteiger partial charge in [-0.05, 0) is 38.5 Å². The quantitative estimate of drug-likeness (QED) is 0.395. The van der Waals surface area contributed by atoms with Crippen molar-refractivity contribution in [2.75, 3.05) is 30.8 Å². The Morgan fingerprint density at radius 3 is 2.74 bits per heavy atom. The predicted molar refractivity (Wildman–Crippen MR) is 131 cm³/mol. The van der Waals surface area contributed by atoms with Crippen LogP contribution in [0.1, 0.15) is 44.7 Å². The van der Waals surface area contributed by atoms with Crippen molar-refractivity contribution in [3.05, 3.63) is 17.8 Å². The number of hydrogen-bond acceptors (Lipinski definition) is 8. The third-order valence-electron chi connectivity index (χ3n) is 6.43. The summed E-state index contributed by atoms with van der Waals surface area (Å²) >= 11 is -1.28. The van der Waals surface area contributed by atoms with Crippen LogP contribution in [0.15, 0.2) is 12.1 Å². The number of aryl methyl sites for hydroxylation is 1. The minimum absolute atomic E-state index is 0.0165. The lowest BCUT2D eigenvalue weighted by Gasteiger charge is -2.34. The number of H-pyrrole nitrogens is 1. The minimum atomic E-state index is -1.28. The molecule has 1 saturated carbocycles. The van der Waals surface area contributed by atoms with Gasteiger partial charge in [-0.1, -0.05) is 13.3 Å². The Kier molecular flexibility index (Phi) is 7.97. The Labute approximate surface area is 202 Å². The van der Waals surface area contributed by atoms with Gasteiger partial charge in [0.1, 0.15) is 5.82 Å². The van der Waals surface area contributed by atoms with E-state index in [2.05, 4.69) is 48.5 Å². The summed E-state index contributed by atoms with van der Waals surface area (Å²) in [6.07, 6.45) is 4.92. The van der Waals surface area contributed by atoms with Crippen molar-refractivity contribution in [2.45, 2.75) is 58.0 Å². The Morgan fingerprint density at radius 1 is 1.24 bits per heavy atom. The Hall–Kier alpha value is -2.75. The summed E-state index contributed by atoms with van der Waals surface area (Å²) in [6.45, 7) is 5.27. The maximum Gasteiger partial charge on any atom is 0.228 e. The number of aromatic nitrogens is 4. The van der Waals surface area contributed by atoms with Crippen LogP contribution in [0.3, 0.4) is 0 Å². The van der Waals surface area contributed by atoms with E-state index in [4.69, 9.17) is 10.00 Å². The summed E-state index contributed by atoms with van der Waals surface area (Å²) in [5.74, 6) is 2.74. The van der Waals surface area contributed by atoms with Crippen LogP contribution in [0.25, 0.3) is 0 Å². The van der Waals surface area contributed by atoms with E-state index in [1.54, 1.807) is 13.2 Å². The number of methoxy groups -OCH3 is 1. The summed E-state index contributed by atoms with van der Waals surface area (Å²) in [4.78, 5) is 9.13. The van der Waals surface area contributed by atoms with E-state index in [9.17, 15) is 4.21 Å². The number of anilines is 3. The molecule has 11 nitrogen and oxygen atoms in total. The van der Waals surface area contributed by atoms with Gasteiger partial charge in [0.25, 0.3) is 0 Å². The van der Waals surface area contributed by atoms with Crippen LogP contribution in [0, 0.1) is 30.1 Å². The average Bonchev–Trinajstić information content (AvgIpc) is 3.09. The van der Waals surface area contributed by atoms with E-state index in [0.717, 1.165) is 37.8 Å². The van der Waals surface area contributed by atoms with E-state index >= 15 is 0 Å². The normalized spacial score (nSPS) is 24.5. The number of ether oxygens (including phenoxy) is 1. The van der Waals surface area contributed by atoms with Gasteiger partial charge in [0, 0.05) is 43.0 Å². The summed E-state index contributed by atoms with van der Waals surface area (Å²) in [6, 6.07) is 6.08. The van der Waals surface area contributed by atoms with Crippen LogP contribution in [0.4, 0.5) is 17.6 Å². The van der Waals surface area contributed by atoms with Crippen LogP contribution in [0.5, 0.6) is 5.88 Å². The first-order valence-electron chi connectivity index (χ1n) is 11.8. The molecule has 2 aromatic heterocycles. The molecule has 0 aromatic carbocycles. The zero-order valence-electron chi connectivity index (χ0n) is 19.9. The molecule has 1 saturated heterocycles. The lowest BCUT2D eigenvalue weighted by molar-refractivity contribution is 0.257. The van der Waals surface area contributed by atoms with Gasteiger partial charge in [0.2, 0.25) is 11.8 Å². The molecule has 4 rings (SSSR count). The fourth-order valence-electron chi connectivity index (χ4n) is 4.44. The molecule has 0 spiro atoms. The van der Waals surface area contributed by atoms with Gasteiger partial charge < -0.3 is 15.4 Å². The number of nitriles is 1. The van der Waals surface area contributed by atoms with Crippen molar-refractivity contribution in [1.29, 1.82) is 5.26 Å². The van der Waals surface area contributed by atoms with E-state index in [1.165, 1.54) is 0 Å². The molecular weight excluding hydrogens is 454 g/mol. The van der Waals surface area contributed by atoms with Crippen LogP contribution >= 0.6 is 0 Å². The van der Waals surface area contributed by atoms with Crippen LogP contribution in [-0.2, 0) is 11.2 Å². The smallest absolute Gasteiger partial charge is 0.228 e. The highest BCUT2D eigenvalue weighted by atomic mass is 32.2. The lowest BCUT2D eigenvalue weighted by atomic mass is 9.96. The highest BCUT2D eigenvalue weighted by molar-refractivity contribution is 7.80. The summed E-state index contributed by atoms with van der Waals surface area (Å²) < 4.78 is 23.2. The van der Waals surface area contributed by atoms with Crippen molar-refractivity contribution in [1.82, 2.24) is 29.2 Å². The molecule has 1 aliphatic carbocycles. The molecule has 0 radical (unpaired) electrons. The molecule has 2 aliphatic rings. The molecule has 184 valence electrons. The molecule has 3 heterocycles. The van der Waals surface area contributed by atoms with E-state index < -0.39 is 11.2 Å². The molecule has 2 fully saturated rings. The van der Waals surface area contributed by atoms with Gasteiger partial charge >= 0.3 is 0 Å². The fraction of sp³-hybridized carbons (Fsp3) is 0.636. The van der Waals surface area contributed by atoms with Gasteiger partial charge in [0.05, 0.1) is 19.1 Å². The fourth-order valence-corrected chi connectivity index (χ4v) is 5.72. The first-order valence-corrected chi connectivity index (χ1v) is 12.9. The molecule has 0 amide bonds. The summed E-state index contributed by atoms with van der Waals surface area (Å²) in [7, 11) is 1.58. The highest BCUT2D eigenvalue weighted by Crippen LogP contribution is 2.29. The largest absolute Gasteiger partial charge is 0.481 e. The zero-order valence-corrected chi connectivity index (χ0v) is 20.7. The molecule has 0 bridgehead atoms. The Balaban J connectivity index is 1.44. The predicted octanol–water partition coefficient (Wildman–Crippen LogP) is 2.63. The van der Waals surface area contributed by atoms with Gasteiger partial charge in [-0.25, -0.2) is 13.2 Å². The first-order chi connectivity index (χ1) is 16.4. The number of aromatic amines is 1. The molecule has 4 atom stereocenters. The Morgan fingerprint density at radius 2 is 2.06 bits per heavy atom. The molecular formula is C22H33N9O2S. The second-order valence-corrected chi connectivity index (χ2v) is 10.3. The summed E-state index contributed by atoms with van der Waals surface area (Å²) in [5, 5.41) is 22.8. The van der Waals surface area contributed by atoms with E-state index in [-0.39, 0.29) is 18.0 Å². The number of nitrogens with zero attached hydrogens (tertiary/aromatic N) is 5. The summed E-state index contributed by atoms with van der Waals surface area (Å²) in [5.41, 5.74) is 0.947. The zero-order chi connectivity index (χ0) is 24.1. The second kappa shape index (κ2) is 11.1. The third-order valence-corrected chi connectivity index (χ3v) is 7.73. The highest BCUT2D eigenvalue weighted by Gasteiger charge is 2.33. The van der Waals surface area contributed by atoms with Crippen molar-refractivity contribution in [3.63, 3.8) is 0 Å². The van der Waals surface area contributed by atoms with Gasteiger partial charge in [0.15, 0.2) is 17.0 Å². The molecule has 12 heteroatoms. The van der Waals surface area contributed by atoms with Crippen molar-refractivity contribution in [3.8, 4) is 11.9 Å². The number of hydrogen-bond donors (Lipinski definition) is 4. The van der Waals surface area contributed by atoms with E-state index in [0.29, 0.717) is 42.5 Å². The van der Waals surface area contributed by atoms with Gasteiger partial charge in [-0.15, -0.1) is 0 Å². The van der Waals surface area contributed by atoms with E-state index in [1.807, 2.05) is 17.3 Å². The maximum atomic E-state index is 12.7. The van der Waals surface area contributed by atoms with Crippen LogP contribution < -0.4 is 20.1 Å². The second-order valence-electron chi connectivity index (χ2n) is 9.08. The average molecular weight is 488 g/mol. The van der Waals surface area contributed by atoms with Crippen molar-refractivity contribution in [2.24, 2.45) is 11.8 Å². The topological polar surface area (TPSA) is 144 Å². The van der Waals surface area contributed by atoms with Crippen molar-refractivity contribution < 1.29 is 8.95 Å². The van der Waals surface area contributed by atoms with Gasteiger partial charge in [-0.3, -0.25) is 5.10 Å². The molecule has 4 N–H and O–H groups in total. The first kappa shape index (κ1) is 24.4. The lowest BCUT2D eigenvalue weighted by Crippen LogP contribution is -2.52. The minimum Gasteiger partial charge on any atom is -0.481 e. The molecule has 1 aliphatic heterocycles. The maximum absolute atomic E-state index is 12.7. The standard InChI is InChI=1S/C22H33N9O2S/c1-4-15-5-6-17(30-34(32)31-12-16(11-23)13-31)9-18(8-15)24-22-26-19(10-21(27-22)33-3)25-20-7-14(2)28-29-20/h7,10,15-18,30H,4-6,8-9,12-13H2,1-3H3,(H3,24,25,26,27,28,29). The van der Waals surface area contributed by atoms with Crippen molar-refractivity contribution >= 4 is 28.8 Å². The Bertz CT molecular complexity index is 1030. The SMILES string of the molecule is CCC1CCC(NS(=O)N2CC(C#N)C2)CC(Nc2nc(Nc3cc(C)[nH]n3)cc(OC)n2)C1. The molecule has 34 heavy (non-hydrogen) atoms. The number of nitrogens with one attached hydrogen (secondary N) is 4. The molecule has 2 aromatic rings.